The molecule has 10 heteroatoms. The molecule has 0 aliphatic heterocycles. The fourth-order valence-corrected chi connectivity index (χ4v) is 4.92. The topological polar surface area (TPSA) is 86.8 Å². The highest BCUT2D eigenvalue weighted by molar-refractivity contribution is 7.92. The highest BCUT2D eigenvalue weighted by atomic mass is 32.2. The minimum atomic E-state index is -3.81. The lowest BCUT2D eigenvalue weighted by Crippen LogP contribution is -2.50. The Morgan fingerprint density at radius 3 is 2.24 bits per heavy atom. The monoisotopic (exact) mass is 537 g/mol. The summed E-state index contributed by atoms with van der Waals surface area (Å²) in [6, 6.07) is 11.8. The van der Waals surface area contributed by atoms with Crippen molar-refractivity contribution in [3.05, 3.63) is 65.7 Å². The van der Waals surface area contributed by atoms with Crippen molar-refractivity contribution >= 4 is 27.5 Å². The van der Waals surface area contributed by atoms with Gasteiger partial charge in [0.05, 0.1) is 11.9 Å². The van der Waals surface area contributed by atoms with Crippen LogP contribution >= 0.6 is 0 Å². The Bertz CT molecular complexity index is 1140. The van der Waals surface area contributed by atoms with Crippen LogP contribution in [0.2, 0.25) is 0 Å². The molecule has 0 bridgehead atoms. The molecule has 0 aliphatic carbocycles. The van der Waals surface area contributed by atoms with E-state index >= 15 is 0 Å². The molecule has 2 rings (SSSR count). The number of nitrogens with zero attached hydrogens (tertiary/aromatic N) is 2. The van der Waals surface area contributed by atoms with Gasteiger partial charge in [-0.3, -0.25) is 13.9 Å². The number of rotatable bonds is 14. The fraction of sp³-hybridized carbons (Fsp3) is 0.481. The summed E-state index contributed by atoms with van der Waals surface area (Å²) in [6.07, 6.45) is 2.07. The molecule has 37 heavy (non-hydrogen) atoms. The smallest absolute Gasteiger partial charge is 0.242 e. The average molecular weight is 538 g/mol. The van der Waals surface area contributed by atoms with Gasteiger partial charge in [-0.25, -0.2) is 17.2 Å². The van der Waals surface area contributed by atoms with Crippen LogP contribution in [0.4, 0.5) is 14.5 Å². The maximum atomic E-state index is 13.7. The van der Waals surface area contributed by atoms with Crippen molar-refractivity contribution in [3.8, 4) is 0 Å². The van der Waals surface area contributed by atoms with Crippen LogP contribution < -0.4 is 9.62 Å². The Kier molecular flexibility index (Phi) is 11.5. The molecule has 2 aromatic rings. The largest absolute Gasteiger partial charge is 0.354 e. The van der Waals surface area contributed by atoms with Crippen molar-refractivity contribution in [1.29, 1.82) is 0 Å². The average Bonchev–Trinajstić information content (AvgIpc) is 2.84. The van der Waals surface area contributed by atoms with Crippen LogP contribution in [-0.2, 0) is 26.0 Å². The van der Waals surface area contributed by atoms with Crippen molar-refractivity contribution in [3.63, 3.8) is 0 Å². The minimum absolute atomic E-state index is 0.0154. The zero-order valence-corrected chi connectivity index (χ0v) is 22.7. The van der Waals surface area contributed by atoms with Crippen LogP contribution in [0.1, 0.15) is 45.6 Å². The van der Waals surface area contributed by atoms with Gasteiger partial charge in [0, 0.05) is 32.1 Å². The predicted octanol–water partition coefficient (Wildman–Crippen LogP) is 4.13. The van der Waals surface area contributed by atoms with E-state index in [1.54, 1.807) is 4.90 Å². The molecule has 1 atom stereocenters. The second kappa shape index (κ2) is 14.1. The van der Waals surface area contributed by atoms with E-state index in [9.17, 15) is 26.8 Å². The summed E-state index contributed by atoms with van der Waals surface area (Å²) in [4.78, 5) is 27.8. The summed E-state index contributed by atoms with van der Waals surface area (Å²) in [5.74, 6) is -2.48. The lowest BCUT2D eigenvalue weighted by Gasteiger charge is -2.31. The number of benzene rings is 2. The fourth-order valence-electron chi connectivity index (χ4n) is 3.96. The number of nitrogens with one attached hydrogen (secondary N) is 1. The number of hydrogen-bond donors (Lipinski definition) is 1. The van der Waals surface area contributed by atoms with Gasteiger partial charge in [0.2, 0.25) is 21.8 Å². The Balaban J connectivity index is 2.16. The molecule has 1 N–H and O–H groups in total. The lowest BCUT2D eigenvalue weighted by molar-refractivity contribution is -0.140. The first kappa shape index (κ1) is 30.2. The maximum absolute atomic E-state index is 13.7. The van der Waals surface area contributed by atoms with Crippen LogP contribution in [0.25, 0.3) is 0 Å². The number of anilines is 1. The van der Waals surface area contributed by atoms with E-state index in [4.69, 9.17) is 0 Å². The van der Waals surface area contributed by atoms with Crippen LogP contribution in [0.3, 0.4) is 0 Å². The third-order valence-corrected chi connectivity index (χ3v) is 7.09. The highest BCUT2D eigenvalue weighted by Gasteiger charge is 2.28. The normalized spacial score (nSPS) is 12.3. The first-order valence-electron chi connectivity index (χ1n) is 12.5. The second-order valence-electron chi connectivity index (χ2n) is 9.42. The molecule has 0 unspecified atom stereocenters. The molecule has 7 nitrogen and oxygen atoms in total. The number of amides is 2. The molecule has 2 amide bonds. The van der Waals surface area contributed by atoms with Gasteiger partial charge in [-0.15, -0.1) is 0 Å². The van der Waals surface area contributed by atoms with Gasteiger partial charge in [-0.2, -0.15) is 0 Å². The number of halogens is 2. The first-order chi connectivity index (χ1) is 17.4. The van der Waals surface area contributed by atoms with Gasteiger partial charge in [0.1, 0.15) is 6.04 Å². The summed E-state index contributed by atoms with van der Waals surface area (Å²) in [5, 5.41) is 2.91. The summed E-state index contributed by atoms with van der Waals surface area (Å²) in [5.41, 5.74) is 1.01. The zero-order chi connectivity index (χ0) is 27.6. The Labute approximate surface area is 218 Å². The quantitative estimate of drug-likeness (QED) is 0.393. The van der Waals surface area contributed by atoms with Crippen molar-refractivity contribution in [1.82, 2.24) is 10.2 Å². The SMILES string of the molecule is CC[C@H](C(=O)NCC(C)C)N(CCc1ccccc1)C(=O)CCCN(c1ccc(F)c(F)c1)S(C)(=O)=O. The van der Waals surface area contributed by atoms with Crippen LogP contribution in [0, 0.1) is 17.6 Å². The Morgan fingerprint density at radius 2 is 1.68 bits per heavy atom. The summed E-state index contributed by atoms with van der Waals surface area (Å²) >= 11 is 0. The van der Waals surface area contributed by atoms with E-state index < -0.39 is 27.7 Å². The van der Waals surface area contributed by atoms with E-state index in [-0.39, 0.29) is 42.8 Å². The summed E-state index contributed by atoms with van der Waals surface area (Å²) in [7, 11) is -3.81. The van der Waals surface area contributed by atoms with Crippen LogP contribution in [-0.4, -0.2) is 57.1 Å². The van der Waals surface area contributed by atoms with Crippen molar-refractivity contribution in [2.75, 3.05) is 30.2 Å². The predicted molar refractivity (Wildman–Crippen MR) is 142 cm³/mol. The molecule has 0 radical (unpaired) electrons. The molecule has 0 saturated heterocycles. The first-order valence-corrected chi connectivity index (χ1v) is 14.3. The standard InChI is InChI=1S/C27H37F2N3O4S/c1-5-25(27(34)30-19-20(2)3)31(17-15-21-10-7-6-8-11-21)26(33)12-9-16-32(37(4,35)36)22-13-14-23(28)24(29)18-22/h6-8,10-11,13-14,18,20,25H,5,9,12,15-17,19H2,1-4H3,(H,30,34)/t25-/m1/s1. The maximum Gasteiger partial charge on any atom is 0.242 e. The third-order valence-electron chi connectivity index (χ3n) is 5.90. The molecule has 204 valence electrons. The van der Waals surface area contributed by atoms with E-state index in [0.29, 0.717) is 25.9 Å². The van der Waals surface area contributed by atoms with Crippen molar-refractivity contribution in [2.45, 2.75) is 52.5 Å². The molecule has 0 heterocycles. The summed E-state index contributed by atoms with van der Waals surface area (Å²) < 4.78 is 52.7. The van der Waals surface area contributed by atoms with Crippen molar-refractivity contribution in [2.24, 2.45) is 5.92 Å². The number of carbonyl (C=O) groups excluding carboxylic acids is 2. The van der Waals surface area contributed by atoms with Gasteiger partial charge in [0.15, 0.2) is 11.6 Å². The number of sulfonamides is 1. The van der Waals surface area contributed by atoms with E-state index in [1.807, 2.05) is 51.1 Å². The molecule has 0 aliphatic rings. The van der Waals surface area contributed by atoms with E-state index in [2.05, 4.69) is 5.32 Å². The Hall–Kier alpha value is -3.01. The third kappa shape index (κ3) is 9.42. The molecule has 0 saturated carbocycles. The molecule has 0 spiro atoms. The molecule has 2 aromatic carbocycles. The Morgan fingerprint density at radius 1 is 1.00 bits per heavy atom. The second-order valence-corrected chi connectivity index (χ2v) is 11.3. The van der Waals surface area contributed by atoms with Gasteiger partial charge >= 0.3 is 0 Å². The number of hydrogen-bond acceptors (Lipinski definition) is 4. The van der Waals surface area contributed by atoms with Gasteiger partial charge in [-0.05, 0) is 42.9 Å². The van der Waals surface area contributed by atoms with E-state index in [0.717, 1.165) is 28.3 Å². The molecular weight excluding hydrogens is 500 g/mol. The zero-order valence-electron chi connectivity index (χ0n) is 21.9. The molecule has 0 aromatic heterocycles. The summed E-state index contributed by atoms with van der Waals surface area (Å²) in [6.45, 7) is 6.54. The van der Waals surface area contributed by atoms with Gasteiger partial charge in [0.25, 0.3) is 0 Å². The van der Waals surface area contributed by atoms with Gasteiger partial charge in [-0.1, -0.05) is 51.1 Å². The molecular formula is C27H37F2N3O4S. The highest BCUT2D eigenvalue weighted by Crippen LogP contribution is 2.21. The lowest BCUT2D eigenvalue weighted by atomic mass is 10.1. The van der Waals surface area contributed by atoms with E-state index in [1.165, 1.54) is 6.07 Å². The number of carbonyl (C=O) groups is 2. The van der Waals surface area contributed by atoms with Crippen molar-refractivity contribution < 1.29 is 26.8 Å². The molecule has 0 fully saturated rings. The van der Waals surface area contributed by atoms with Crippen LogP contribution in [0.15, 0.2) is 48.5 Å². The minimum Gasteiger partial charge on any atom is -0.354 e. The van der Waals surface area contributed by atoms with Gasteiger partial charge < -0.3 is 10.2 Å². The van der Waals surface area contributed by atoms with Crippen LogP contribution in [0.5, 0.6) is 0 Å².